The fourth-order valence-corrected chi connectivity index (χ4v) is 4.16. The smallest absolute Gasteiger partial charge is 0.332 e. The van der Waals surface area contributed by atoms with Crippen LogP contribution in [0.1, 0.15) is 45.9 Å². The number of hydrogen-bond donors (Lipinski definition) is 0. The normalized spacial score (nSPS) is 21.6. The van der Waals surface area contributed by atoms with Gasteiger partial charge in [0.1, 0.15) is 12.4 Å². The van der Waals surface area contributed by atoms with Crippen molar-refractivity contribution in [3.05, 3.63) is 70.5 Å². The number of halogens is 4. The van der Waals surface area contributed by atoms with E-state index in [4.69, 9.17) is 0 Å². The van der Waals surface area contributed by atoms with Crippen LogP contribution in [0.5, 0.6) is 0 Å². The van der Waals surface area contributed by atoms with E-state index in [1.807, 2.05) is 31.2 Å². The van der Waals surface area contributed by atoms with Crippen molar-refractivity contribution in [3.63, 3.8) is 0 Å². The Balaban J connectivity index is 1.66. The highest BCUT2D eigenvalue weighted by molar-refractivity contribution is 5.97. The van der Waals surface area contributed by atoms with Crippen LogP contribution in [0.2, 0.25) is 0 Å². The third kappa shape index (κ3) is 3.36. The highest BCUT2D eigenvalue weighted by Crippen LogP contribution is 2.38. The molecule has 0 radical (unpaired) electrons. The number of alkyl halides is 3. The zero-order valence-electron chi connectivity index (χ0n) is 15.5. The summed E-state index contributed by atoms with van der Waals surface area (Å²) in [5, 5.41) is 0. The number of fused-ring (bicyclic) bond motifs is 3. The molecule has 1 fully saturated rings. The van der Waals surface area contributed by atoms with Gasteiger partial charge >= 0.3 is 6.18 Å². The summed E-state index contributed by atoms with van der Waals surface area (Å²) in [5.41, 5.74) is 0.242. The van der Waals surface area contributed by atoms with Gasteiger partial charge in [-0.1, -0.05) is 31.2 Å². The highest BCUT2D eigenvalue weighted by Gasteiger charge is 2.41. The highest BCUT2D eigenvalue weighted by atomic mass is 19.4. The van der Waals surface area contributed by atoms with Crippen molar-refractivity contribution < 1.29 is 27.2 Å². The summed E-state index contributed by atoms with van der Waals surface area (Å²) in [7, 11) is 0. The molecule has 0 aromatic heterocycles. The van der Waals surface area contributed by atoms with Gasteiger partial charge in [0.05, 0.1) is 11.6 Å². The SMILES string of the molecule is C[C@@H]1CN2C(=O)CN(C(=O)c3ccc(F)c(C(F)(F)F)c3)C[C@@H]2c2ccccc21. The van der Waals surface area contributed by atoms with Gasteiger partial charge in [-0.2, -0.15) is 13.2 Å². The first-order valence-electron chi connectivity index (χ1n) is 9.21. The topological polar surface area (TPSA) is 40.6 Å². The maximum Gasteiger partial charge on any atom is 0.419 e. The number of carbonyl (C=O) groups is 2. The summed E-state index contributed by atoms with van der Waals surface area (Å²) in [6.45, 7) is 2.50. The van der Waals surface area contributed by atoms with E-state index in [0.717, 1.165) is 17.2 Å². The number of hydrogen-bond acceptors (Lipinski definition) is 2. The molecule has 2 aromatic carbocycles. The molecule has 2 atom stereocenters. The van der Waals surface area contributed by atoms with Crippen LogP contribution in [-0.2, 0) is 11.0 Å². The molecule has 2 aromatic rings. The molecule has 2 heterocycles. The predicted molar refractivity (Wildman–Crippen MR) is 96.6 cm³/mol. The van der Waals surface area contributed by atoms with Gasteiger partial charge in [-0.05, 0) is 35.2 Å². The van der Waals surface area contributed by atoms with E-state index in [0.29, 0.717) is 18.7 Å². The Morgan fingerprint density at radius 2 is 1.76 bits per heavy atom. The summed E-state index contributed by atoms with van der Waals surface area (Å²) in [6.07, 6.45) is -4.91. The second-order valence-electron chi connectivity index (χ2n) is 7.47. The fraction of sp³-hybridized carbons (Fsp3) is 0.333. The summed E-state index contributed by atoms with van der Waals surface area (Å²) in [5.74, 6) is -2.26. The Morgan fingerprint density at radius 3 is 2.45 bits per heavy atom. The van der Waals surface area contributed by atoms with Gasteiger partial charge in [-0.3, -0.25) is 9.59 Å². The van der Waals surface area contributed by atoms with E-state index < -0.39 is 23.5 Å². The number of benzene rings is 2. The van der Waals surface area contributed by atoms with Gasteiger partial charge in [-0.15, -0.1) is 0 Å². The molecule has 0 N–H and O–H groups in total. The van der Waals surface area contributed by atoms with Crippen LogP contribution in [0, 0.1) is 5.82 Å². The van der Waals surface area contributed by atoms with E-state index in [9.17, 15) is 27.2 Å². The Hall–Kier alpha value is -2.90. The second kappa shape index (κ2) is 6.86. The van der Waals surface area contributed by atoms with Crippen LogP contribution in [0.15, 0.2) is 42.5 Å². The van der Waals surface area contributed by atoms with Gasteiger partial charge in [-0.25, -0.2) is 4.39 Å². The van der Waals surface area contributed by atoms with Crippen LogP contribution < -0.4 is 0 Å². The first kappa shape index (κ1) is 19.4. The lowest BCUT2D eigenvalue weighted by molar-refractivity contribution is -0.141. The van der Waals surface area contributed by atoms with E-state index in [2.05, 4.69) is 0 Å². The summed E-state index contributed by atoms with van der Waals surface area (Å²) in [4.78, 5) is 28.5. The van der Waals surface area contributed by atoms with Gasteiger partial charge < -0.3 is 9.80 Å². The molecule has 0 bridgehead atoms. The predicted octanol–water partition coefficient (Wildman–Crippen LogP) is 3.99. The lowest BCUT2D eigenvalue weighted by Crippen LogP contribution is -2.56. The fourth-order valence-electron chi connectivity index (χ4n) is 4.16. The molecule has 2 amide bonds. The average molecular weight is 406 g/mol. The molecular formula is C21H18F4N2O2. The van der Waals surface area contributed by atoms with Gasteiger partial charge in [0.2, 0.25) is 5.91 Å². The van der Waals surface area contributed by atoms with E-state index in [1.54, 1.807) is 4.90 Å². The first-order valence-corrected chi connectivity index (χ1v) is 9.21. The molecule has 0 aliphatic carbocycles. The van der Waals surface area contributed by atoms with E-state index in [-0.39, 0.29) is 36.5 Å². The monoisotopic (exact) mass is 406 g/mol. The maximum absolute atomic E-state index is 13.6. The minimum absolute atomic E-state index is 0.153. The van der Waals surface area contributed by atoms with Crippen molar-refractivity contribution in [1.82, 2.24) is 9.80 Å². The van der Waals surface area contributed by atoms with Crippen molar-refractivity contribution in [1.29, 1.82) is 0 Å². The van der Waals surface area contributed by atoms with Crippen LogP contribution in [-0.4, -0.2) is 41.2 Å². The molecule has 1 saturated heterocycles. The average Bonchev–Trinajstić information content (AvgIpc) is 2.68. The van der Waals surface area contributed by atoms with Crippen molar-refractivity contribution in [3.8, 4) is 0 Å². The quantitative estimate of drug-likeness (QED) is 0.672. The molecule has 0 spiro atoms. The molecule has 152 valence electrons. The number of carbonyl (C=O) groups excluding carboxylic acids is 2. The number of amides is 2. The third-order valence-corrected chi connectivity index (χ3v) is 5.58. The van der Waals surface area contributed by atoms with Crippen molar-refractivity contribution in [2.75, 3.05) is 19.6 Å². The Bertz CT molecular complexity index is 989. The van der Waals surface area contributed by atoms with Crippen LogP contribution in [0.4, 0.5) is 17.6 Å². The third-order valence-electron chi connectivity index (χ3n) is 5.58. The molecular weight excluding hydrogens is 388 g/mol. The summed E-state index contributed by atoms with van der Waals surface area (Å²) < 4.78 is 52.5. The van der Waals surface area contributed by atoms with Crippen LogP contribution in [0.3, 0.4) is 0 Å². The standard InChI is InChI=1S/C21H18F4N2O2/c1-12-9-27-18(15-5-3-2-4-14(12)15)10-26(11-19(27)28)20(29)13-6-7-17(22)16(8-13)21(23,24)25/h2-8,12,18H,9-11H2,1H3/t12-,18-/m1/s1. The largest absolute Gasteiger partial charge is 0.419 e. The van der Waals surface area contributed by atoms with Crippen LogP contribution >= 0.6 is 0 Å². The first-order chi connectivity index (χ1) is 13.7. The summed E-state index contributed by atoms with van der Waals surface area (Å²) in [6, 6.07) is 9.46. The number of piperazine rings is 1. The van der Waals surface area contributed by atoms with E-state index >= 15 is 0 Å². The number of rotatable bonds is 1. The Labute approximate surface area is 164 Å². The second-order valence-corrected chi connectivity index (χ2v) is 7.47. The molecule has 4 rings (SSSR count). The molecule has 2 aliphatic rings. The van der Waals surface area contributed by atoms with Crippen molar-refractivity contribution >= 4 is 11.8 Å². The molecule has 29 heavy (non-hydrogen) atoms. The summed E-state index contributed by atoms with van der Waals surface area (Å²) >= 11 is 0. The lowest BCUT2D eigenvalue weighted by atomic mass is 9.85. The minimum Gasteiger partial charge on any atom is -0.332 e. The molecule has 2 aliphatic heterocycles. The van der Waals surface area contributed by atoms with Crippen LogP contribution in [0.25, 0.3) is 0 Å². The molecule has 8 heteroatoms. The van der Waals surface area contributed by atoms with Gasteiger partial charge in [0.25, 0.3) is 5.91 Å². The number of nitrogens with zero attached hydrogens (tertiary/aromatic N) is 2. The van der Waals surface area contributed by atoms with Gasteiger partial charge in [0.15, 0.2) is 0 Å². The van der Waals surface area contributed by atoms with Crippen molar-refractivity contribution in [2.24, 2.45) is 0 Å². The minimum atomic E-state index is -4.91. The zero-order valence-corrected chi connectivity index (χ0v) is 15.5. The Morgan fingerprint density at radius 1 is 1.07 bits per heavy atom. The molecule has 4 nitrogen and oxygen atoms in total. The van der Waals surface area contributed by atoms with Crippen molar-refractivity contribution in [2.45, 2.75) is 25.1 Å². The Kier molecular flexibility index (Phi) is 4.59. The maximum atomic E-state index is 13.6. The van der Waals surface area contributed by atoms with E-state index in [1.165, 1.54) is 4.90 Å². The lowest BCUT2D eigenvalue weighted by Gasteiger charge is -2.46. The zero-order chi connectivity index (χ0) is 20.9. The molecule has 0 unspecified atom stereocenters. The van der Waals surface area contributed by atoms with Gasteiger partial charge in [0, 0.05) is 18.7 Å². The molecule has 0 saturated carbocycles.